The van der Waals surface area contributed by atoms with Crippen LogP contribution in [0, 0.1) is 11.8 Å². The van der Waals surface area contributed by atoms with Gasteiger partial charge in [0.2, 0.25) is 5.43 Å². The molecule has 1 unspecified atom stereocenters. The van der Waals surface area contributed by atoms with Crippen molar-refractivity contribution in [2.45, 2.75) is 26.1 Å². The van der Waals surface area contributed by atoms with Crippen LogP contribution in [-0.4, -0.2) is 58.5 Å². The number of benzene rings is 2. The fourth-order valence-corrected chi connectivity index (χ4v) is 3.83. The van der Waals surface area contributed by atoms with Gasteiger partial charge in [0.15, 0.2) is 5.69 Å². The van der Waals surface area contributed by atoms with Gasteiger partial charge >= 0.3 is 0 Å². The van der Waals surface area contributed by atoms with Crippen molar-refractivity contribution in [2.24, 2.45) is 0 Å². The van der Waals surface area contributed by atoms with Crippen LogP contribution in [0.5, 0.6) is 0 Å². The lowest BCUT2D eigenvalue weighted by molar-refractivity contribution is 0.0342. The van der Waals surface area contributed by atoms with Gasteiger partial charge in [0.1, 0.15) is 6.10 Å². The maximum absolute atomic E-state index is 13.3. The lowest BCUT2D eigenvalue weighted by Crippen LogP contribution is -2.35. The van der Waals surface area contributed by atoms with Crippen molar-refractivity contribution < 1.29 is 14.6 Å². The standard InChI is InChI=1S/C25H25ClN4O4/c1-16(31)2-5-19-12-18(15-30-8-10-34-11-9-30)13-21-22(19)28-29-23(24(21)32)25(33)27-14-17-3-6-20(26)7-4-17/h3-4,6-7,12-13,16,31H,8-11,14-15H2,1H3,(H,27,33)(H,28,32). The van der Waals surface area contributed by atoms with Crippen LogP contribution in [0.2, 0.25) is 5.02 Å². The second kappa shape index (κ2) is 10.8. The van der Waals surface area contributed by atoms with E-state index in [1.54, 1.807) is 37.3 Å². The monoisotopic (exact) mass is 480 g/mol. The molecule has 1 aliphatic heterocycles. The van der Waals surface area contributed by atoms with Crippen LogP contribution >= 0.6 is 11.6 Å². The van der Waals surface area contributed by atoms with Crippen LogP contribution in [0.15, 0.2) is 41.2 Å². The number of amides is 1. The van der Waals surface area contributed by atoms with E-state index in [9.17, 15) is 14.7 Å². The van der Waals surface area contributed by atoms with Gasteiger partial charge in [-0.15, -0.1) is 0 Å². The second-order valence-corrected chi connectivity index (χ2v) is 8.55. The number of ether oxygens (including phenoxy) is 1. The lowest BCUT2D eigenvalue weighted by Gasteiger charge is -2.26. The number of rotatable bonds is 5. The van der Waals surface area contributed by atoms with Crippen molar-refractivity contribution in [3.8, 4) is 11.8 Å². The van der Waals surface area contributed by atoms with Gasteiger partial charge in [-0.2, -0.15) is 5.10 Å². The largest absolute Gasteiger partial charge is 0.381 e. The molecule has 1 aromatic heterocycles. The average Bonchev–Trinajstić information content (AvgIpc) is 2.83. The third-order valence-electron chi connectivity index (χ3n) is 5.44. The van der Waals surface area contributed by atoms with E-state index in [4.69, 9.17) is 16.3 Å². The number of aromatic amines is 1. The molecule has 2 aromatic carbocycles. The lowest BCUT2D eigenvalue weighted by atomic mass is 10.0. The highest BCUT2D eigenvalue weighted by molar-refractivity contribution is 6.30. The quantitative estimate of drug-likeness (QED) is 0.482. The summed E-state index contributed by atoms with van der Waals surface area (Å²) >= 11 is 5.90. The molecule has 1 atom stereocenters. The van der Waals surface area contributed by atoms with E-state index in [1.165, 1.54) is 0 Å². The maximum atomic E-state index is 13.3. The molecule has 1 fully saturated rings. The number of aliphatic hydroxyl groups excluding tert-OH is 1. The number of fused-ring (bicyclic) bond motifs is 1. The Balaban J connectivity index is 1.67. The van der Waals surface area contributed by atoms with Crippen molar-refractivity contribution in [3.63, 3.8) is 0 Å². The summed E-state index contributed by atoms with van der Waals surface area (Å²) in [5, 5.41) is 20.1. The number of nitrogens with one attached hydrogen (secondary N) is 2. The van der Waals surface area contributed by atoms with Gasteiger partial charge in [0.05, 0.1) is 29.7 Å². The van der Waals surface area contributed by atoms with Gasteiger partial charge in [0.25, 0.3) is 5.91 Å². The third-order valence-corrected chi connectivity index (χ3v) is 5.70. The first-order chi connectivity index (χ1) is 16.4. The number of hydrogen-bond donors (Lipinski definition) is 3. The molecule has 8 nitrogen and oxygen atoms in total. The van der Waals surface area contributed by atoms with E-state index in [0.29, 0.717) is 41.2 Å². The number of aliphatic hydroxyl groups is 1. The summed E-state index contributed by atoms with van der Waals surface area (Å²) in [6, 6.07) is 10.7. The van der Waals surface area contributed by atoms with E-state index < -0.39 is 17.4 Å². The zero-order valence-corrected chi connectivity index (χ0v) is 19.5. The van der Waals surface area contributed by atoms with Crippen molar-refractivity contribution in [2.75, 3.05) is 26.3 Å². The molecule has 9 heteroatoms. The van der Waals surface area contributed by atoms with E-state index >= 15 is 0 Å². The number of morpholine rings is 1. The number of H-pyrrole nitrogens is 1. The summed E-state index contributed by atoms with van der Waals surface area (Å²) < 4.78 is 5.41. The Kier molecular flexibility index (Phi) is 7.60. The Labute approximate surface area is 201 Å². The first kappa shape index (κ1) is 23.9. The van der Waals surface area contributed by atoms with E-state index in [0.717, 1.165) is 24.2 Å². The summed E-state index contributed by atoms with van der Waals surface area (Å²) in [6.45, 7) is 5.31. The van der Waals surface area contributed by atoms with Crippen LogP contribution in [0.3, 0.4) is 0 Å². The van der Waals surface area contributed by atoms with Gasteiger partial charge < -0.3 is 15.2 Å². The van der Waals surface area contributed by atoms with Crippen LogP contribution < -0.4 is 10.7 Å². The summed E-state index contributed by atoms with van der Waals surface area (Å²) in [4.78, 5) is 28.2. The Morgan fingerprint density at radius 3 is 2.71 bits per heavy atom. The molecular weight excluding hydrogens is 456 g/mol. The number of carbonyl (C=O) groups is 1. The average molecular weight is 481 g/mol. The van der Waals surface area contributed by atoms with Crippen molar-refractivity contribution in [1.29, 1.82) is 0 Å². The molecule has 0 radical (unpaired) electrons. The van der Waals surface area contributed by atoms with Crippen LogP contribution in [-0.2, 0) is 17.8 Å². The minimum atomic E-state index is -0.824. The Bertz CT molecular complexity index is 1300. The predicted molar refractivity (Wildman–Crippen MR) is 130 cm³/mol. The van der Waals surface area contributed by atoms with Crippen LogP contribution in [0.4, 0.5) is 0 Å². The zero-order chi connectivity index (χ0) is 24.1. The van der Waals surface area contributed by atoms with Crippen molar-refractivity contribution in [3.05, 3.63) is 74.0 Å². The van der Waals surface area contributed by atoms with E-state index in [-0.39, 0.29) is 12.2 Å². The molecule has 0 aliphatic carbocycles. The van der Waals surface area contributed by atoms with Gasteiger partial charge in [-0.3, -0.25) is 19.6 Å². The molecule has 0 spiro atoms. The van der Waals surface area contributed by atoms with E-state index in [2.05, 4.69) is 32.3 Å². The smallest absolute Gasteiger partial charge is 0.276 e. The minimum absolute atomic E-state index is 0.223. The predicted octanol–water partition coefficient (Wildman–Crippen LogP) is 2.07. The topological polar surface area (TPSA) is 108 Å². The summed E-state index contributed by atoms with van der Waals surface area (Å²) in [7, 11) is 0. The van der Waals surface area contributed by atoms with Gasteiger partial charge in [-0.05, 0) is 42.3 Å². The van der Waals surface area contributed by atoms with Gasteiger partial charge in [-0.25, -0.2) is 0 Å². The second-order valence-electron chi connectivity index (χ2n) is 8.11. The summed E-state index contributed by atoms with van der Waals surface area (Å²) in [5.41, 5.74) is 2.00. The number of hydrogen-bond acceptors (Lipinski definition) is 6. The van der Waals surface area contributed by atoms with Gasteiger partial charge in [0, 0.05) is 31.2 Å². The number of aromatic nitrogens is 2. The number of nitrogens with zero attached hydrogens (tertiary/aromatic N) is 2. The first-order valence-electron chi connectivity index (χ1n) is 11.0. The fraction of sp³-hybridized carbons (Fsp3) is 0.320. The first-order valence-corrected chi connectivity index (χ1v) is 11.4. The molecule has 4 rings (SSSR count). The third kappa shape index (κ3) is 5.82. The molecule has 0 saturated carbocycles. The number of carbonyl (C=O) groups excluding carboxylic acids is 1. The molecule has 1 aliphatic rings. The molecule has 3 aromatic rings. The highest BCUT2D eigenvalue weighted by Gasteiger charge is 2.18. The van der Waals surface area contributed by atoms with E-state index in [1.807, 2.05) is 6.07 Å². The molecular formula is C25H25ClN4O4. The Hall–Kier alpha value is -3.22. The molecule has 176 valence electrons. The highest BCUT2D eigenvalue weighted by Crippen LogP contribution is 2.18. The van der Waals surface area contributed by atoms with Crippen LogP contribution in [0.1, 0.15) is 34.1 Å². The highest BCUT2D eigenvalue weighted by atomic mass is 35.5. The van der Waals surface area contributed by atoms with Gasteiger partial charge in [-0.1, -0.05) is 35.6 Å². The van der Waals surface area contributed by atoms with Crippen molar-refractivity contribution in [1.82, 2.24) is 20.4 Å². The van der Waals surface area contributed by atoms with Crippen LogP contribution in [0.25, 0.3) is 10.9 Å². The summed E-state index contributed by atoms with van der Waals surface area (Å²) in [6.07, 6.45) is -0.824. The SMILES string of the molecule is CC(O)C#Cc1cc(CN2CCOCC2)cc2c(=O)c(C(=O)NCc3ccc(Cl)cc3)n[nH]c12. The summed E-state index contributed by atoms with van der Waals surface area (Å²) in [5.74, 6) is 5.07. The molecule has 3 N–H and O–H groups in total. The minimum Gasteiger partial charge on any atom is -0.381 e. The molecule has 2 heterocycles. The molecule has 0 bridgehead atoms. The van der Waals surface area contributed by atoms with Crippen molar-refractivity contribution >= 4 is 28.4 Å². The Morgan fingerprint density at radius 1 is 1.26 bits per heavy atom. The zero-order valence-electron chi connectivity index (χ0n) is 18.7. The molecule has 1 saturated heterocycles. The Morgan fingerprint density at radius 2 is 2.00 bits per heavy atom. The molecule has 34 heavy (non-hydrogen) atoms. The maximum Gasteiger partial charge on any atom is 0.276 e. The normalized spacial score (nSPS) is 14.9. The number of halogens is 1. The molecule has 1 amide bonds. The fourth-order valence-electron chi connectivity index (χ4n) is 3.70.